The van der Waals surface area contributed by atoms with Crippen LogP contribution in [0.5, 0.6) is 0 Å². The average Bonchev–Trinajstić information content (AvgIpc) is 3.02. The van der Waals surface area contributed by atoms with Crippen LogP contribution in [0.25, 0.3) is 10.8 Å². The molecule has 1 aromatic heterocycles. The molecule has 5 nitrogen and oxygen atoms in total. The van der Waals surface area contributed by atoms with Gasteiger partial charge in [0.15, 0.2) is 0 Å². The second-order valence-corrected chi connectivity index (χ2v) is 8.24. The van der Waals surface area contributed by atoms with Gasteiger partial charge in [-0.25, -0.2) is 0 Å². The molecule has 0 bridgehead atoms. The van der Waals surface area contributed by atoms with E-state index < -0.39 is 11.9 Å². The largest absolute Gasteiger partial charge is 0.481 e. The van der Waals surface area contributed by atoms with Gasteiger partial charge in [-0.05, 0) is 44.6 Å². The predicted octanol–water partition coefficient (Wildman–Crippen LogP) is 6.68. The number of hydrogen-bond donors (Lipinski definition) is 2. The molecule has 166 valence electrons. The van der Waals surface area contributed by atoms with Crippen molar-refractivity contribution in [2.24, 2.45) is 0 Å². The molecular weight excluding hydrogens is 380 g/mol. The third-order valence-electron chi connectivity index (χ3n) is 5.71. The SMILES string of the molecule is Cc1oc(CCCCCCCC(=O)O)c2cccc(CCCCCCCC(=O)O)c12. The third-order valence-corrected chi connectivity index (χ3v) is 5.71. The number of benzene rings is 1. The van der Waals surface area contributed by atoms with E-state index in [9.17, 15) is 9.59 Å². The highest BCUT2D eigenvalue weighted by Crippen LogP contribution is 2.31. The van der Waals surface area contributed by atoms with Crippen LogP contribution in [0.4, 0.5) is 0 Å². The first kappa shape index (κ1) is 24.0. The highest BCUT2D eigenvalue weighted by atomic mass is 16.4. The Morgan fingerprint density at radius 3 is 1.90 bits per heavy atom. The first-order valence-electron chi connectivity index (χ1n) is 11.4. The molecule has 30 heavy (non-hydrogen) atoms. The van der Waals surface area contributed by atoms with Crippen LogP contribution < -0.4 is 0 Å². The highest BCUT2D eigenvalue weighted by Gasteiger charge is 2.13. The maximum atomic E-state index is 10.6. The number of carbonyl (C=O) groups is 2. The molecule has 0 saturated heterocycles. The number of carboxylic acid groups (broad SMARTS) is 2. The van der Waals surface area contributed by atoms with Gasteiger partial charge in [-0.2, -0.15) is 0 Å². The Bertz CT molecular complexity index is 805. The average molecular weight is 417 g/mol. The first-order chi connectivity index (χ1) is 14.5. The molecule has 0 aliphatic rings. The van der Waals surface area contributed by atoms with Gasteiger partial charge in [-0.1, -0.05) is 56.7 Å². The lowest BCUT2D eigenvalue weighted by atomic mass is 9.98. The van der Waals surface area contributed by atoms with Crippen molar-refractivity contribution in [3.05, 3.63) is 35.3 Å². The molecule has 2 aromatic rings. The van der Waals surface area contributed by atoms with Crippen LogP contribution in [-0.2, 0) is 22.4 Å². The van der Waals surface area contributed by atoms with Gasteiger partial charge in [0.2, 0.25) is 0 Å². The number of aliphatic carboxylic acids is 2. The van der Waals surface area contributed by atoms with Gasteiger partial charge in [0, 0.05) is 30.0 Å². The van der Waals surface area contributed by atoms with E-state index in [1.54, 1.807) is 0 Å². The maximum absolute atomic E-state index is 10.6. The van der Waals surface area contributed by atoms with E-state index in [0.29, 0.717) is 0 Å². The van der Waals surface area contributed by atoms with Crippen LogP contribution in [0.2, 0.25) is 0 Å². The maximum Gasteiger partial charge on any atom is 0.303 e. The lowest BCUT2D eigenvalue weighted by Gasteiger charge is -2.05. The lowest BCUT2D eigenvalue weighted by Crippen LogP contribution is -1.94. The Morgan fingerprint density at radius 1 is 0.767 bits per heavy atom. The molecular formula is C25H36O5. The summed E-state index contributed by atoms with van der Waals surface area (Å²) in [5.41, 5.74) is 1.35. The van der Waals surface area contributed by atoms with E-state index >= 15 is 0 Å². The van der Waals surface area contributed by atoms with Gasteiger partial charge >= 0.3 is 11.9 Å². The Labute approximate surface area is 179 Å². The Balaban J connectivity index is 1.78. The molecule has 0 aliphatic carbocycles. The number of hydrogen-bond acceptors (Lipinski definition) is 3. The summed E-state index contributed by atoms with van der Waals surface area (Å²) in [6, 6.07) is 6.47. The number of furan rings is 1. The summed E-state index contributed by atoms with van der Waals surface area (Å²) in [6.45, 7) is 2.05. The summed E-state index contributed by atoms with van der Waals surface area (Å²) in [4.78, 5) is 21.1. The van der Waals surface area contributed by atoms with Crippen molar-refractivity contribution in [3.8, 4) is 0 Å². The summed E-state index contributed by atoms with van der Waals surface area (Å²) in [5, 5.41) is 19.9. The minimum atomic E-state index is -0.707. The zero-order valence-corrected chi connectivity index (χ0v) is 18.3. The molecule has 1 heterocycles. The van der Waals surface area contributed by atoms with Crippen LogP contribution in [0.15, 0.2) is 22.6 Å². The number of carboxylic acids is 2. The second-order valence-electron chi connectivity index (χ2n) is 8.24. The standard InChI is InChI=1S/C25H36O5/c1-19-25-20(13-8-4-2-6-10-17-23(26)27)14-12-15-21(25)22(30-19)16-9-5-3-7-11-18-24(28)29/h12,14-15H,2-11,13,16-18H2,1H3,(H,26,27)(H,28,29). The van der Waals surface area contributed by atoms with Crippen LogP contribution in [-0.4, -0.2) is 22.2 Å². The van der Waals surface area contributed by atoms with Crippen molar-refractivity contribution in [3.63, 3.8) is 0 Å². The fraction of sp³-hybridized carbons (Fsp3) is 0.600. The summed E-state index contributed by atoms with van der Waals surface area (Å²) in [5.74, 6) is 0.662. The molecule has 0 saturated carbocycles. The minimum absolute atomic E-state index is 0.271. The molecule has 1 aromatic carbocycles. The van der Waals surface area contributed by atoms with Crippen molar-refractivity contribution in [1.29, 1.82) is 0 Å². The third kappa shape index (κ3) is 8.21. The lowest BCUT2D eigenvalue weighted by molar-refractivity contribution is -0.138. The molecule has 0 fully saturated rings. The Morgan fingerprint density at radius 2 is 1.30 bits per heavy atom. The monoisotopic (exact) mass is 416 g/mol. The second kappa shape index (κ2) is 13.1. The summed E-state index contributed by atoms with van der Waals surface area (Å²) in [7, 11) is 0. The Hall–Kier alpha value is -2.30. The quantitative estimate of drug-likeness (QED) is 0.298. The number of unbranched alkanes of at least 4 members (excludes halogenated alkanes) is 8. The minimum Gasteiger partial charge on any atom is -0.481 e. The molecule has 5 heteroatoms. The molecule has 0 unspecified atom stereocenters. The van der Waals surface area contributed by atoms with Crippen molar-refractivity contribution in [2.75, 3.05) is 0 Å². The number of aryl methyl sites for hydroxylation is 3. The predicted molar refractivity (Wildman–Crippen MR) is 119 cm³/mol. The van der Waals surface area contributed by atoms with Crippen molar-refractivity contribution < 1.29 is 24.2 Å². The van der Waals surface area contributed by atoms with Crippen LogP contribution in [0.1, 0.15) is 94.1 Å². The topological polar surface area (TPSA) is 87.7 Å². The molecule has 2 rings (SSSR count). The summed E-state index contributed by atoms with van der Waals surface area (Å²) in [6.07, 6.45) is 12.6. The molecule has 0 radical (unpaired) electrons. The van der Waals surface area contributed by atoms with Gasteiger partial charge in [-0.15, -0.1) is 0 Å². The van der Waals surface area contributed by atoms with Gasteiger partial charge in [0.05, 0.1) is 0 Å². The number of rotatable bonds is 16. The van der Waals surface area contributed by atoms with Gasteiger partial charge in [0.25, 0.3) is 0 Å². The molecule has 0 spiro atoms. The smallest absolute Gasteiger partial charge is 0.303 e. The van der Waals surface area contributed by atoms with Crippen LogP contribution >= 0.6 is 0 Å². The van der Waals surface area contributed by atoms with Crippen LogP contribution in [0, 0.1) is 6.92 Å². The van der Waals surface area contributed by atoms with Gasteiger partial charge in [-0.3, -0.25) is 9.59 Å². The fourth-order valence-electron chi connectivity index (χ4n) is 4.15. The highest BCUT2D eigenvalue weighted by molar-refractivity contribution is 5.89. The van der Waals surface area contributed by atoms with Crippen molar-refractivity contribution in [2.45, 2.75) is 96.8 Å². The number of fused-ring (bicyclic) bond motifs is 1. The van der Waals surface area contributed by atoms with Crippen molar-refractivity contribution in [1.82, 2.24) is 0 Å². The zero-order chi connectivity index (χ0) is 21.8. The summed E-state index contributed by atoms with van der Waals surface area (Å²) < 4.78 is 6.11. The van der Waals surface area contributed by atoms with E-state index in [1.807, 2.05) is 6.92 Å². The van der Waals surface area contributed by atoms with Crippen molar-refractivity contribution >= 4 is 22.7 Å². The first-order valence-corrected chi connectivity index (χ1v) is 11.4. The molecule has 2 N–H and O–H groups in total. The normalized spacial score (nSPS) is 11.2. The molecule has 0 aliphatic heterocycles. The van der Waals surface area contributed by atoms with Gasteiger partial charge < -0.3 is 14.6 Å². The summed E-state index contributed by atoms with van der Waals surface area (Å²) >= 11 is 0. The fourth-order valence-corrected chi connectivity index (χ4v) is 4.15. The van der Waals surface area contributed by atoms with Gasteiger partial charge in [0.1, 0.15) is 11.5 Å². The molecule has 0 atom stereocenters. The van der Waals surface area contributed by atoms with E-state index in [0.717, 1.165) is 88.6 Å². The van der Waals surface area contributed by atoms with E-state index in [-0.39, 0.29) is 12.8 Å². The van der Waals surface area contributed by atoms with E-state index in [1.165, 1.54) is 16.3 Å². The Kier molecular flexibility index (Phi) is 10.5. The van der Waals surface area contributed by atoms with E-state index in [2.05, 4.69) is 18.2 Å². The molecule has 0 amide bonds. The van der Waals surface area contributed by atoms with Crippen LogP contribution in [0.3, 0.4) is 0 Å². The zero-order valence-electron chi connectivity index (χ0n) is 18.3. The van der Waals surface area contributed by atoms with E-state index in [4.69, 9.17) is 14.6 Å².